The second-order valence-electron chi connectivity index (χ2n) is 4.76. The first-order chi connectivity index (χ1) is 8.95. The summed E-state index contributed by atoms with van der Waals surface area (Å²) in [6, 6.07) is 11.9. The van der Waals surface area contributed by atoms with Gasteiger partial charge in [-0.25, -0.2) is 0 Å². The maximum Gasteiger partial charge on any atom is 0.0540 e. The van der Waals surface area contributed by atoms with E-state index in [2.05, 4.69) is 56.6 Å². The van der Waals surface area contributed by atoms with E-state index in [-0.39, 0.29) is 0 Å². The molecule has 2 nitrogen and oxygen atoms in total. The number of thiol groups is 1. The zero-order valence-electron chi connectivity index (χ0n) is 11.2. The predicted molar refractivity (Wildman–Crippen MR) is 86.7 cm³/mol. The molecule has 0 amide bonds. The molecule has 2 aromatic rings. The van der Waals surface area contributed by atoms with Crippen LogP contribution in [0, 0.1) is 13.8 Å². The predicted octanol–water partition coefficient (Wildman–Crippen LogP) is 4.26. The lowest BCUT2D eigenvalue weighted by atomic mass is 10.1. The fourth-order valence-corrected chi connectivity index (χ4v) is 2.23. The molecule has 0 bridgehead atoms. The molecule has 0 atom stereocenters. The molecule has 3 N–H and O–H groups in total. The van der Waals surface area contributed by atoms with Gasteiger partial charge in [-0.05, 0) is 49.7 Å². The molecule has 19 heavy (non-hydrogen) atoms. The highest BCUT2D eigenvalue weighted by Gasteiger charge is 2.04. The Morgan fingerprint density at radius 3 is 2.37 bits per heavy atom. The quantitative estimate of drug-likeness (QED) is 0.576. The molecule has 0 aliphatic rings. The van der Waals surface area contributed by atoms with Crippen molar-refractivity contribution in [2.45, 2.75) is 18.7 Å². The molecule has 0 radical (unpaired) electrons. The van der Waals surface area contributed by atoms with Gasteiger partial charge in [0.1, 0.15) is 0 Å². The van der Waals surface area contributed by atoms with Crippen molar-refractivity contribution < 1.29 is 0 Å². The summed E-state index contributed by atoms with van der Waals surface area (Å²) >= 11 is 4.41. The van der Waals surface area contributed by atoms with Gasteiger partial charge in [0.25, 0.3) is 0 Å². The lowest BCUT2D eigenvalue weighted by Crippen LogP contribution is -2.00. The van der Waals surface area contributed by atoms with Crippen molar-refractivity contribution in [2.75, 3.05) is 11.1 Å². The molecule has 3 heteroatoms. The number of nitrogen functional groups attached to an aromatic ring is 1. The minimum Gasteiger partial charge on any atom is -0.399 e. The Morgan fingerprint density at radius 2 is 1.74 bits per heavy atom. The standard InChI is InChI=1S/C16H18N2S/c1-10-6-11(2)8-13(7-10)12(3)18-15-9-14(17)4-5-16(15)19/h4-9,18-19H,3,17H2,1-2H3. The van der Waals surface area contributed by atoms with E-state index < -0.39 is 0 Å². The average molecular weight is 270 g/mol. The normalized spacial score (nSPS) is 10.3. The van der Waals surface area contributed by atoms with Gasteiger partial charge in [-0.15, -0.1) is 12.6 Å². The molecule has 0 aromatic heterocycles. The highest BCUT2D eigenvalue weighted by Crippen LogP contribution is 2.26. The van der Waals surface area contributed by atoms with Crippen LogP contribution < -0.4 is 11.1 Å². The van der Waals surface area contributed by atoms with Gasteiger partial charge in [-0.1, -0.05) is 23.8 Å². The van der Waals surface area contributed by atoms with E-state index in [9.17, 15) is 0 Å². The molecule has 0 unspecified atom stereocenters. The number of nitrogens with one attached hydrogen (secondary N) is 1. The largest absolute Gasteiger partial charge is 0.399 e. The van der Waals surface area contributed by atoms with Gasteiger partial charge in [-0.3, -0.25) is 0 Å². The lowest BCUT2D eigenvalue weighted by Gasteiger charge is -2.13. The Kier molecular flexibility index (Phi) is 3.86. The third kappa shape index (κ3) is 3.32. The molecule has 2 rings (SSSR count). The molecule has 0 heterocycles. The first-order valence-electron chi connectivity index (χ1n) is 6.09. The Morgan fingerprint density at radius 1 is 1.11 bits per heavy atom. The second-order valence-corrected chi connectivity index (χ2v) is 5.24. The van der Waals surface area contributed by atoms with Gasteiger partial charge in [0, 0.05) is 16.3 Å². The first-order valence-corrected chi connectivity index (χ1v) is 6.53. The highest BCUT2D eigenvalue weighted by molar-refractivity contribution is 7.80. The zero-order valence-corrected chi connectivity index (χ0v) is 12.1. The van der Waals surface area contributed by atoms with Crippen molar-refractivity contribution in [3.63, 3.8) is 0 Å². The van der Waals surface area contributed by atoms with Crippen molar-refractivity contribution in [1.82, 2.24) is 0 Å². The molecule has 0 aliphatic heterocycles. The number of benzene rings is 2. The van der Waals surface area contributed by atoms with Crippen LogP contribution in [0.1, 0.15) is 16.7 Å². The van der Waals surface area contributed by atoms with Gasteiger partial charge in [0.05, 0.1) is 5.69 Å². The summed E-state index contributed by atoms with van der Waals surface area (Å²) in [5, 5.41) is 3.27. The van der Waals surface area contributed by atoms with E-state index in [4.69, 9.17) is 5.73 Å². The Hall–Kier alpha value is -1.87. The van der Waals surface area contributed by atoms with Crippen LogP contribution in [0.2, 0.25) is 0 Å². The molecule has 0 spiro atoms. The highest BCUT2D eigenvalue weighted by atomic mass is 32.1. The van der Waals surface area contributed by atoms with Crippen molar-refractivity contribution >= 4 is 29.7 Å². The first kappa shape index (κ1) is 13.6. The summed E-state index contributed by atoms with van der Waals surface area (Å²) in [7, 11) is 0. The summed E-state index contributed by atoms with van der Waals surface area (Å²) in [6.07, 6.45) is 0. The summed E-state index contributed by atoms with van der Waals surface area (Å²) in [5.74, 6) is 0. The van der Waals surface area contributed by atoms with Gasteiger partial charge in [0.15, 0.2) is 0 Å². The monoisotopic (exact) mass is 270 g/mol. The molecule has 0 saturated carbocycles. The third-order valence-corrected chi connectivity index (χ3v) is 3.27. The molecular weight excluding hydrogens is 252 g/mol. The van der Waals surface area contributed by atoms with Crippen molar-refractivity contribution in [3.8, 4) is 0 Å². The number of aryl methyl sites for hydroxylation is 2. The van der Waals surface area contributed by atoms with Crippen LogP contribution in [0.25, 0.3) is 5.70 Å². The van der Waals surface area contributed by atoms with Gasteiger partial charge >= 0.3 is 0 Å². The van der Waals surface area contributed by atoms with Crippen LogP contribution >= 0.6 is 12.6 Å². The second kappa shape index (κ2) is 5.41. The number of hydrogen-bond donors (Lipinski definition) is 3. The SMILES string of the molecule is C=C(Nc1cc(N)ccc1S)c1cc(C)cc(C)c1. The Balaban J connectivity index is 2.28. The molecular formula is C16H18N2S. The molecule has 98 valence electrons. The smallest absolute Gasteiger partial charge is 0.0540 e. The minimum absolute atomic E-state index is 0.702. The van der Waals surface area contributed by atoms with E-state index in [1.54, 1.807) is 0 Å². The Bertz CT molecular complexity index is 612. The van der Waals surface area contributed by atoms with E-state index in [0.717, 1.165) is 21.8 Å². The fourth-order valence-electron chi connectivity index (χ4n) is 2.04. The van der Waals surface area contributed by atoms with Crippen LogP contribution in [0.15, 0.2) is 47.9 Å². The minimum atomic E-state index is 0.702. The van der Waals surface area contributed by atoms with E-state index >= 15 is 0 Å². The maximum absolute atomic E-state index is 5.79. The Labute approximate surface area is 119 Å². The topological polar surface area (TPSA) is 38.0 Å². The van der Waals surface area contributed by atoms with Gasteiger partial charge < -0.3 is 11.1 Å². The van der Waals surface area contributed by atoms with Crippen molar-refractivity contribution in [3.05, 3.63) is 59.7 Å². The van der Waals surface area contributed by atoms with Gasteiger partial charge in [-0.2, -0.15) is 0 Å². The van der Waals surface area contributed by atoms with E-state index in [1.807, 2.05) is 18.2 Å². The number of hydrogen-bond acceptors (Lipinski definition) is 3. The van der Waals surface area contributed by atoms with Crippen LogP contribution in [0.3, 0.4) is 0 Å². The summed E-state index contributed by atoms with van der Waals surface area (Å²) in [6.45, 7) is 8.24. The van der Waals surface area contributed by atoms with Crippen molar-refractivity contribution in [1.29, 1.82) is 0 Å². The lowest BCUT2D eigenvalue weighted by molar-refractivity contribution is 1.35. The molecule has 2 aromatic carbocycles. The van der Waals surface area contributed by atoms with Crippen LogP contribution in [-0.4, -0.2) is 0 Å². The molecule has 0 fully saturated rings. The summed E-state index contributed by atoms with van der Waals surface area (Å²) in [4.78, 5) is 0.847. The summed E-state index contributed by atoms with van der Waals surface area (Å²) in [5.41, 5.74) is 11.7. The maximum atomic E-state index is 5.79. The van der Waals surface area contributed by atoms with Crippen molar-refractivity contribution in [2.24, 2.45) is 0 Å². The molecule has 0 saturated heterocycles. The van der Waals surface area contributed by atoms with Gasteiger partial charge in [0.2, 0.25) is 0 Å². The number of nitrogens with two attached hydrogens (primary N) is 1. The number of rotatable bonds is 3. The summed E-state index contributed by atoms with van der Waals surface area (Å²) < 4.78 is 0. The van der Waals surface area contributed by atoms with E-state index in [1.165, 1.54) is 11.1 Å². The average Bonchev–Trinajstić information content (AvgIpc) is 2.32. The number of anilines is 2. The van der Waals surface area contributed by atoms with Crippen LogP contribution in [0.5, 0.6) is 0 Å². The third-order valence-electron chi connectivity index (χ3n) is 2.88. The fraction of sp³-hybridized carbons (Fsp3) is 0.125. The van der Waals surface area contributed by atoms with Crippen LogP contribution in [-0.2, 0) is 0 Å². The molecule has 0 aliphatic carbocycles. The van der Waals surface area contributed by atoms with Crippen LogP contribution in [0.4, 0.5) is 11.4 Å². The zero-order chi connectivity index (χ0) is 14.0. The van der Waals surface area contributed by atoms with E-state index in [0.29, 0.717) is 5.69 Å².